The molecule has 0 aliphatic carbocycles. The number of rotatable bonds is 6. The first-order valence-electron chi connectivity index (χ1n) is 8.08. The molecule has 0 unspecified atom stereocenters. The number of halogens is 4. The molecule has 0 spiro atoms. The molecule has 26 heavy (non-hydrogen) atoms. The number of hydrogen-bond donors (Lipinski definition) is 0. The van der Waals surface area contributed by atoms with Gasteiger partial charge in [-0.15, -0.1) is 0 Å². The van der Waals surface area contributed by atoms with Crippen LogP contribution in [-0.2, 0) is 22.7 Å². The standard InChI is InChI=1S/C10H14FNO.C8H8Cl2FNO/c1-4-13-6-9-5-10(11)8(3)12-7(9)2;1-2-13-4-5-3-6(11)8(10)12-7(5)9/h5H,4,6H2,1-3H3;3H,2,4H2,1H3. The van der Waals surface area contributed by atoms with E-state index in [9.17, 15) is 8.78 Å². The predicted molar refractivity (Wildman–Crippen MR) is 98.5 cm³/mol. The van der Waals surface area contributed by atoms with Gasteiger partial charge < -0.3 is 9.47 Å². The monoisotopic (exact) mass is 406 g/mol. The van der Waals surface area contributed by atoms with Gasteiger partial charge in [0.2, 0.25) is 0 Å². The first-order valence-corrected chi connectivity index (χ1v) is 8.84. The average molecular weight is 407 g/mol. The number of aryl methyl sites for hydroxylation is 2. The number of hydrogen-bond acceptors (Lipinski definition) is 4. The molecule has 2 rings (SSSR count). The van der Waals surface area contributed by atoms with E-state index in [-0.39, 0.29) is 22.7 Å². The van der Waals surface area contributed by atoms with Crippen LogP contribution in [0.3, 0.4) is 0 Å². The maximum atomic E-state index is 13.1. The Balaban J connectivity index is 0.000000260. The van der Waals surface area contributed by atoms with Crippen LogP contribution in [-0.4, -0.2) is 23.2 Å². The van der Waals surface area contributed by atoms with Crippen molar-refractivity contribution in [3.8, 4) is 0 Å². The van der Waals surface area contributed by atoms with Crippen molar-refractivity contribution < 1.29 is 18.3 Å². The van der Waals surface area contributed by atoms with Gasteiger partial charge in [-0.1, -0.05) is 23.2 Å². The van der Waals surface area contributed by atoms with Crippen LogP contribution in [0.5, 0.6) is 0 Å². The van der Waals surface area contributed by atoms with Gasteiger partial charge in [-0.3, -0.25) is 4.98 Å². The highest BCUT2D eigenvalue weighted by atomic mass is 35.5. The fourth-order valence-electron chi connectivity index (χ4n) is 1.89. The van der Waals surface area contributed by atoms with Crippen LogP contribution in [0.15, 0.2) is 12.1 Å². The molecule has 4 nitrogen and oxygen atoms in total. The zero-order valence-electron chi connectivity index (χ0n) is 15.2. The lowest BCUT2D eigenvalue weighted by molar-refractivity contribution is 0.133. The van der Waals surface area contributed by atoms with Gasteiger partial charge in [0.15, 0.2) is 11.0 Å². The van der Waals surface area contributed by atoms with E-state index in [1.807, 2.05) is 20.8 Å². The Hall–Kier alpha value is -1.34. The second-order valence-corrected chi connectivity index (χ2v) is 6.00. The summed E-state index contributed by atoms with van der Waals surface area (Å²) in [6.45, 7) is 9.13. The fraction of sp³-hybridized carbons (Fsp3) is 0.444. The van der Waals surface area contributed by atoms with Crippen molar-refractivity contribution in [2.45, 2.75) is 40.9 Å². The number of ether oxygens (including phenoxy) is 2. The van der Waals surface area contributed by atoms with Gasteiger partial charge in [0, 0.05) is 30.0 Å². The largest absolute Gasteiger partial charge is 0.377 e. The molecule has 0 atom stereocenters. The van der Waals surface area contributed by atoms with Crippen LogP contribution in [0.4, 0.5) is 8.78 Å². The van der Waals surface area contributed by atoms with Crippen molar-refractivity contribution in [1.82, 2.24) is 9.97 Å². The van der Waals surface area contributed by atoms with E-state index < -0.39 is 5.82 Å². The molecule has 2 aromatic rings. The highest BCUT2D eigenvalue weighted by Crippen LogP contribution is 2.20. The van der Waals surface area contributed by atoms with Crippen molar-refractivity contribution in [1.29, 1.82) is 0 Å². The number of nitrogens with zero attached hydrogens (tertiary/aromatic N) is 2. The van der Waals surface area contributed by atoms with Gasteiger partial charge in [-0.25, -0.2) is 13.8 Å². The van der Waals surface area contributed by atoms with Gasteiger partial charge in [0.1, 0.15) is 11.0 Å². The van der Waals surface area contributed by atoms with E-state index in [0.717, 1.165) is 11.3 Å². The summed E-state index contributed by atoms with van der Waals surface area (Å²) in [7, 11) is 0. The average Bonchev–Trinajstić information content (AvgIpc) is 2.59. The summed E-state index contributed by atoms with van der Waals surface area (Å²) in [6.07, 6.45) is 0. The third kappa shape index (κ3) is 7.11. The summed E-state index contributed by atoms with van der Waals surface area (Å²) in [5, 5.41) is -0.0369. The third-order valence-electron chi connectivity index (χ3n) is 3.33. The van der Waals surface area contributed by atoms with Crippen LogP contribution < -0.4 is 0 Å². The molecule has 0 radical (unpaired) electrons. The minimum Gasteiger partial charge on any atom is -0.377 e. The van der Waals surface area contributed by atoms with E-state index in [1.54, 1.807) is 6.92 Å². The molecular formula is C18H22Cl2F2N2O2. The summed E-state index contributed by atoms with van der Waals surface area (Å²) in [5.41, 5.74) is 2.61. The molecule has 0 fully saturated rings. The van der Waals surface area contributed by atoms with Gasteiger partial charge in [-0.05, 0) is 39.8 Å². The van der Waals surface area contributed by atoms with Crippen molar-refractivity contribution in [3.63, 3.8) is 0 Å². The second kappa shape index (κ2) is 11.4. The van der Waals surface area contributed by atoms with Crippen LogP contribution in [0.25, 0.3) is 0 Å². The van der Waals surface area contributed by atoms with Crippen LogP contribution >= 0.6 is 23.2 Å². The Kier molecular flexibility index (Phi) is 9.94. The van der Waals surface area contributed by atoms with Gasteiger partial charge in [0.25, 0.3) is 0 Å². The second-order valence-electron chi connectivity index (χ2n) is 5.29. The molecule has 0 bridgehead atoms. The predicted octanol–water partition coefficient (Wildman–Crippen LogP) is 5.44. The number of pyridine rings is 2. The molecule has 0 aliphatic heterocycles. The normalized spacial score (nSPS) is 10.5. The van der Waals surface area contributed by atoms with E-state index in [1.165, 1.54) is 12.1 Å². The summed E-state index contributed by atoms with van der Waals surface area (Å²) >= 11 is 11.1. The molecular weight excluding hydrogens is 385 g/mol. The number of aromatic nitrogens is 2. The van der Waals surface area contributed by atoms with Crippen LogP contribution in [0.1, 0.15) is 36.4 Å². The SMILES string of the molecule is CCOCc1cc(F)c(C)nc1C.CCOCc1cc(F)c(Cl)nc1Cl. The summed E-state index contributed by atoms with van der Waals surface area (Å²) in [5.74, 6) is -0.846. The smallest absolute Gasteiger partial charge is 0.166 e. The molecule has 0 aromatic carbocycles. The highest BCUT2D eigenvalue weighted by molar-refractivity contribution is 6.32. The zero-order valence-corrected chi connectivity index (χ0v) is 16.7. The molecule has 0 amide bonds. The lowest BCUT2D eigenvalue weighted by Gasteiger charge is -2.06. The molecule has 0 N–H and O–H groups in total. The lowest BCUT2D eigenvalue weighted by atomic mass is 10.2. The van der Waals surface area contributed by atoms with Gasteiger partial charge in [0.05, 0.1) is 18.9 Å². The molecule has 2 aromatic heterocycles. The van der Waals surface area contributed by atoms with E-state index in [0.29, 0.717) is 31.1 Å². The topological polar surface area (TPSA) is 44.2 Å². The summed E-state index contributed by atoms with van der Waals surface area (Å²) < 4.78 is 36.2. The first-order chi connectivity index (χ1) is 12.3. The summed E-state index contributed by atoms with van der Waals surface area (Å²) in [4.78, 5) is 7.67. The van der Waals surface area contributed by atoms with E-state index in [4.69, 9.17) is 32.7 Å². The maximum Gasteiger partial charge on any atom is 0.166 e. The fourth-order valence-corrected chi connectivity index (χ4v) is 2.27. The minimum absolute atomic E-state index is 0.180. The molecule has 0 saturated heterocycles. The molecule has 0 saturated carbocycles. The van der Waals surface area contributed by atoms with E-state index in [2.05, 4.69) is 9.97 Å². The molecule has 8 heteroatoms. The molecule has 144 valence electrons. The van der Waals surface area contributed by atoms with Gasteiger partial charge in [-0.2, -0.15) is 0 Å². The zero-order chi connectivity index (χ0) is 19.7. The Morgan fingerprint density at radius 2 is 1.35 bits per heavy atom. The highest BCUT2D eigenvalue weighted by Gasteiger charge is 2.08. The molecule has 0 aliphatic rings. The molecule has 2 heterocycles. The lowest BCUT2D eigenvalue weighted by Crippen LogP contribution is -2.00. The van der Waals surface area contributed by atoms with Crippen LogP contribution in [0.2, 0.25) is 10.3 Å². The maximum absolute atomic E-state index is 13.1. The Morgan fingerprint density at radius 3 is 1.92 bits per heavy atom. The van der Waals surface area contributed by atoms with Gasteiger partial charge >= 0.3 is 0 Å². The Bertz CT molecular complexity index is 669. The van der Waals surface area contributed by atoms with E-state index >= 15 is 0 Å². The summed E-state index contributed by atoms with van der Waals surface area (Å²) in [6, 6.07) is 2.72. The van der Waals surface area contributed by atoms with Crippen molar-refractivity contribution in [2.75, 3.05) is 13.2 Å². The van der Waals surface area contributed by atoms with Crippen LogP contribution in [0, 0.1) is 25.5 Å². The first kappa shape index (κ1) is 22.7. The Labute approximate surface area is 162 Å². The Morgan fingerprint density at radius 1 is 0.808 bits per heavy atom. The van der Waals surface area contributed by atoms with Crippen molar-refractivity contribution in [2.24, 2.45) is 0 Å². The third-order valence-corrected chi connectivity index (χ3v) is 3.92. The quantitative estimate of drug-likeness (QED) is 0.599. The van der Waals surface area contributed by atoms with Crippen molar-refractivity contribution in [3.05, 3.63) is 56.6 Å². The van der Waals surface area contributed by atoms with Crippen molar-refractivity contribution >= 4 is 23.2 Å². The minimum atomic E-state index is -0.583.